The highest BCUT2D eigenvalue weighted by Gasteiger charge is 2.46. The van der Waals surface area contributed by atoms with Crippen molar-refractivity contribution in [2.24, 2.45) is 0 Å². The first kappa shape index (κ1) is 39.2. The zero-order valence-corrected chi connectivity index (χ0v) is 30.8. The smallest absolute Gasteiger partial charge is 0.222 e. The summed E-state index contributed by atoms with van der Waals surface area (Å²) in [5.41, 5.74) is 6.93. The summed E-state index contributed by atoms with van der Waals surface area (Å²) in [5, 5.41) is 54.0. The molecular formula is C41H55N3O9. The van der Waals surface area contributed by atoms with Crippen molar-refractivity contribution in [1.82, 2.24) is 15.2 Å². The lowest BCUT2D eigenvalue weighted by Gasteiger charge is -2.36. The van der Waals surface area contributed by atoms with Gasteiger partial charge in [-0.1, -0.05) is 43.3 Å². The van der Waals surface area contributed by atoms with Gasteiger partial charge < -0.3 is 40.5 Å². The number of amides is 1. The average Bonchev–Trinajstić information content (AvgIpc) is 4.14. The molecule has 0 radical (unpaired) electrons. The zero-order valence-electron chi connectivity index (χ0n) is 30.8. The number of aliphatic hydroxyl groups excluding tert-OH is 5. The third-order valence-electron chi connectivity index (χ3n) is 11.0. The summed E-state index contributed by atoms with van der Waals surface area (Å²) in [4.78, 5) is 29.6. The highest BCUT2D eigenvalue weighted by molar-refractivity contribution is 5.76. The molecular weight excluding hydrogens is 678 g/mol. The molecule has 12 nitrogen and oxygen atoms in total. The molecule has 3 aromatic rings. The Labute approximate surface area is 311 Å². The fourth-order valence-electron chi connectivity index (χ4n) is 7.18. The number of nitrogens with one attached hydrogen (secondary N) is 1. The predicted octanol–water partition coefficient (Wildman–Crippen LogP) is 3.64. The van der Waals surface area contributed by atoms with E-state index in [1.165, 1.54) is 27.2 Å². The Kier molecular flexibility index (Phi) is 13.2. The molecule has 53 heavy (non-hydrogen) atoms. The average molecular weight is 734 g/mol. The first-order valence-corrected chi connectivity index (χ1v) is 19.0. The van der Waals surface area contributed by atoms with E-state index in [-0.39, 0.29) is 49.6 Å². The van der Waals surface area contributed by atoms with E-state index >= 15 is 0 Å². The maximum Gasteiger partial charge on any atom is 0.222 e. The van der Waals surface area contributed by atoms with Crippen molar-refractivity contribution in [3.05, 3.63) is 83.2 Å². The largest absolute Gasteiger partial charge is 0.490 e. The predicted molar refractivity (Wildman–Crippen MR) is 198 cm³/mol. The van der Waals surface area contributed by atoms with Crippen LogP contribution in [0.15, 0.2) is 60.9 Å². The molecule has 1 amide bonds. The molecule has 12 heteroatoms. The number of aryl methyl sites for hydroxylation is 1. The van der Waals surface area contributed by atoms with Gasteiger partial charge in [0, 0.05) is 43.0 Å². The van der Waals surface area contributed by atoms with Crippen molar-refractivity contribution in [2.75, 3.05) is 26.4 Å². The normalized spacial score (nSPS) is 20.9. The van der Waals surface area contributed by atoms with Crippen LogP contribution in [0.25, 0.3) is 11.1 Å². The number of nitrogens with zero attached hydrogens (tertiary/aromatic N) is 2. The summed E-state index contributed by atoms with van der Waals surface area (Å²) < 4.78 is 6.29. The number of ether oxygens (including phenoxy) is 1. The van der Waals surface area contributed by atoms with E-state index < -0.39 is 31.0 Å². The molecule has 6 N–H and O–H groups in total. The summed E-state index contributed by atoms with van der Waals surface area (Å²) in [7, 11) is 0. The molecule has 2 aliphatic carbocycles. The van der Waals surface area contributed by atoms with Crippen molar-refractivity contribution in [3.63, 3.8) is 0 Å². The number of benzene rings is 2. The second kappa shape index (κ2) is 17.8. The summed E-state index contributed by atoms with van der Waals surface area (Å²) in [6, 6.07) is 16.6. The molecule has 6 atom stereocenters. The van der Waals surface area contributed by atoms with E-state index in [0.717, 1.165) is 49.0 Å². The Morgan fingerprint density at radius 2 is 1.79 bits per heavy atom. The van der Waals surface area contributed by atoms with Crippen LogP contribution in [0, 0.1) is 6.92 Å². The topological polar surface area (TPSA) is 174 Å². The lowest BCUT2D eigenvalue weighted by molar-refractivity contribution is -0.323. The minimum absolute atomic E-state index is 0.110. The number of aliphatic hydroxyl groups is 5. The van der Waals surface area contributed by atoms with Gasteiger partial charge in [-0.05, 0) is 97.7 Å². The van der Waals surface area contributed by atoms with Crippen LogP contribution in [0.3, 0.4) is 0 Å². The van der Waals surface area contributed by atoms with Gasteiger partial charge in [0.1, 0.15) is 36.8 Å². The number of pyridine rings is 1. The lowest BCUT2D eigenvalue weighted by Crippen LogP contribution is -2.54. The van der Waals surface area contributed by atoms with Gasteiger partial charge in [-0.2, -0.15) is 0 Å². The van der Waals surface area contributed by atoms with Crippen molar-refractivity contribution in [2.45, 2.75) is 120 Å². The summed E-state index contributed by atoms with van der Waals surface area (Å²) in [5.74, 6) is 0.900. The Bertz CT molecular complexity index is 1660. The third-order valence-corrected chi connectivity index (χ3v) is 11.0. The first-order valence-electron chi connectivity index (χ1n) is 19.0. The molecule has 3 fully saturated rings. The maximum absolute atomic E-state index is 13.5. The maximum atomic E-state index is 13.5. The van der Waals surface area contributed by atoms with Gasteiger partial charge in [-0.15, -0.1) is 0 Å². The highest BCUT2D eigenvalue weighted by Crippen LogP contribution is 2.50. The van der Waals surface area contributed by atoms with Crippen LogP contribution in [0.2, 0.25) is 0 Å². The molecule has 1 aromatic heterocycles. The molecule has 288 valence electrons. The van der Waals surface area contributed by atoms with Gasteiger partial charge >= 0.3 is 0 Å². The molecule has 2 heterocycles. The number of para-hydroxylation sites is 1. The van der Waals surface area contributed by atoms with Gasteiger partial charge in [0.25, 0.3) is 0 Å². The third kappa shape index (κ3) is 9.81. The summed E-state index contributed by atoms with van der Waals surface area (Å²) in [6.45, 7) is 4.34. The van der Waals surface area contributed by atoms with Gasteiger partial charge in [0.2, 0.25) is 5.91 Å². The fourth-order valence-corrected chi connectivity index (χ4v) is 7.18. The molecule has 1 saturated heterocycles. The molecule has 2 aromatic carbocycles. The van der Waals surface area contributed by atoms with E-state index in [4.69, 9.17) is 19.6 Å². The van der Waals surface area contributed by atoms with Crippen LogP contribution in [0.4, 0.5) is 0 Å². The molecule has 2 unspecified atom stereocenters. The zero-order chi connectivity index (χ0) is 37.5. The quantitative estimate of drug-likeness (QED) is 0.0994. The van der Waals surface area contributed by atoms with E-state index in [2.05, 4.69) is 66.6 Å². The Hall–Kier alpha value is -3.46. The molecule has 2 saturated carbocycles. The summed E-state index contributed by atoms with van der Waals surface area (Å²) in [6.07, 6.45) is 3.79. The van der Waals surface area contributed by atoms with Crippen LogP contribution in [0.5, 0.6) is 5.75 Å². The standard InChI is InChI=1S/C41H55N3O9/c1-26(6-5-9-38(48)44(30-15-19-51-52-25-30)23-35(46)39(49)40(50)36(47)24-45)28-11-10-27(2)29(20-28)21-43-41(16-17-41)34-22-42-18-14-32(34)33-7-3-4-8-37(33)53-31-12-13-31/h3-4,7-8,10-11,14,18,20,22,26,30-31,35-36,39-40,43,45-47,49-50H,5-6,9,12-13,15-17,19,21,23-25H2,1-2H3/t26?,30?,35-,36+,39+,40+/m0/s1. The number of hydrogen-bond donors (Lipinski definition) is 6. The highest BCUT2D eigenvalue weighted by atomic mass is 17.2. The first-order chi connectivity index (χ1) is 25.6. The van der Waals surface area contributed by atoms with Crippen LogP contribution in [0.1, 0.15) is 86.5 Å². The van der Waals surface area contributed by atoms with Crippen molar-refractivity contribution in [3.8, 4) is 16.9 Å². The lowest BCUT2D eigenvalue weighted by atomic mass is 9.91. The number of carbonyl (C=O) groups excluding carboxylic acids is 1. The molecule has 3 aliphatic rings. The van der Waals surface area contributed by atoms with E-state index in [1.807, 2.05) is 18.5 Å². The summed E-state index contributed by atoms with van der Waals surface area (Å²) >= 11 is 0. The second-order valence-electron chi connectivity index (χ2n) is 15.0. The Morgan fingerprint density at radius 1 is 1.02 bits per heavy atom. The minimum atomic E-state index is -1.77. The van der Waals surface area contributed by atoms with E-state index in [9.17, 15) is 25.2 Å². The minimum Gasteiger partial charge on any atom is -0.490 e. The molecule has 1 aliphatic heterocycles. The van der Waals surface area contributed by atoms with Gasteiger partial charge in [0.15, 0.2) is 0 Å². The molecule has 0 spiro atoms. The Morgan fingerprint density at radius 3 is 2.51 bits per heavy atom. The van der Waals surface area contributed by atoms with E-state index in [1.54, 1.807) is 0 Å². The monoisotopic (exact) mass is 733 g/mol. The van der Waals surface area contributed by atoms with Crippen molar-refractivity contribution >= 4 is 5.91 Å². The van der Waals surface area contributed by atoms with Crippen molar-refractivity contribution in [1.29, 1.82) is 0 Å². The fraction of sp³-hybridized carbons (Fsp3) is 0.561. The molecule has 0 bridgehead atoms. The van der Waals surface area contributed by atoms with Crippen LogP contribution in [-0.2, 0) is 26.7 Å². The van der Waals surface area contributed by atoms with Crippen LogP contribution in [-0.4, -0.2) is 104 Å². The SMILES string of the molecule is Cc1ccc(C(C)CCCC(=O)N(C[C@H](O)[C@@H](O)[C@H](O)[C@H](O)CO)C2CCOOC2)cc1CNC1(c2cnccc2-c2ccccc2OC2CC2)CC1. The number of aromatic nitrogens is 1. The van der Waals surface area contributed by atoms with Gasteiger partial charge in [0.05, 0.1) is 25.4 Å². The van der Waals surface area contributed by atoms with Crippen LogP contribution >= 0.6 is 0 Å². The van der Waals surface area contributed by atoms with Gasteiger partial charge in [-0.3, -0.25) is 9.78 Å². The Balaban J connectivity index is 1.07. The number of rotatable bonds is 19. The second-order valence-corrected chi connectivity index (χ2v) is 15.0. The van der Waals surface area contributed by atoms with Gasteiger partial charge in [-0.25, -0.2) is 9.78 Å². The van der Waals surface area contributed by atoms with Crippen molar-refractivity contribution < 1.29 is 44.8 Å². The van der Waals surface area contributed by atoms with Crippen LogP contribution < -0.4 is 10.1 Å². The molecule has 6 rings (SSSR count). The number of hydrogen-bond acceptors (Lipinski definition) is 11. The van der Waals surface area contributed by atoms with E-state index in [0.29, 0.717) is 25.5 Å². The number of carbonyl (C=O) groups is 1.